The van der Waals surface area contributed by atoms with Gasteiger partial charge < -0.3 is 28.9 Å². The summed E-state index contributed by atoms with van der Waals surface area (Å²) in [5.41, 5.74) is 0. The van der Waals surface area contributed by atoms with Crippen molar-refractivity contribution >= 4 is 11.9 Å². The minimum absolute atomic E-state index is 0.530. The van der Waals surface area contributed by atoms with E-state index in [0.717, 1.165) is 64.2 Å². The Balaban J connectivity index is 2.02. The average Bonchev–Trinajstić information content (AvgIpc) is 2.77. The van der Waals surface area contributed by atoms with E-state index >= 15 is 0 Å². The van der Waals surface area contributed by atoms with E-state index in [1.165, 1.54) is 0 Å². The average molecular weight is 446 g/mol. The summed E-state index contributed by atoms with van der Waals surface area (Å²) >= 11 is 0. The molecule has 0 bridgehead atoms. The summed E-state index contributed by atoms with van der Waals surface area (Å²) in [6.45, 7) is 4.28. The molecule has 0 aliphatic carbocycles. The van der Waals surface area contributed by atoms with Gasteiger partial charge in [-0.2, -0.15) is 5.90 Å². The van der Waals surface area contributed by atoms with Gasteiger partial charge in [-0.05, 0) is 25.7 Å². The predicted octanol–water partition coefficient (Wildman–Crippen LogP) is 3.43. The molecular formula is C22H39NO8. The van der Waals surface area contributed by atoms with Crippen LogP contribution in [0.1, 0.15) is 90.9 Å². The molecule has 0 aromatic carbocycles. The van der Waals surface area contributed by atoms with Crippen molar-refractivity contribution in [2.24, 2.45) is 5.90 Å². The summed E-state index contributed by atoms with van der Waals surface area (Å²) in [5, 5.41) is 9.74. The maximum Gasteiger partial charge on any atom is 0.356 e. The number of carbonyl (C=O) groups is 2. The summed E-state index contributed by atoms with van der Waals surface area (Å²) in [4.78, 5) is 28.6. The summed E-state index contributed by atoms with van der Waals surface area (Å²) in [6, 6.07) is 0. The molecule has 31 heavy (non-hydrogen) atoms. The van der Waals surface area contributed by atoms with E-state index in [1.807, 2.05) is 0 Å². The maximum absolute atomic E-state index is 12.3. The second-order valence-electron chi connectivity index (χ2n) is 8.35. The first-order valence-electron chi connectivity index (χ1n) is 11.8. The molecule has 0 spiro atoms. The Bertz CT molecular complexity index is 546. The lowest BCUT2D eigenvalue weighted by atomic mass is 9.98. The van der Waals surface area contributed by atoms with Crippen molar-refractivity contribution in [1.29, 1.82) is 0 Å². The summed E-state index contributed by atoms with van der Waals surface area (Å²) in [6.07, 6.45) is 5.70. The third-order valence-corrected chi connectivity index (χ3v) is 5.81. The number of unbranched alkanes of at least 4 members (excludes halogenated alkanes) is 8. The van der Waals surface area contributed by atoms with Gasteiger partial charge in [-0.1, -0.05) is 65.2 Å². The Hall–Kier alpha value is -1.26. The molecule has 0 aromatic heterocycles. The van der Waals surface area contributed by atoms with E-state index in [1.54, 1.807) is 0 Å². The first-order chi connectivity index (χ1) is 15.0. The van der Waals surface area contributed by atoms with Crippen LogP contribution in [0.5, 0.6) is 0 Å². The van der Waals surface area contributed by atoms with Gasteiger partial charge in [0.25, 0.3) is 0 Å². The fourth-order valence-corrected chi connectivity index (χ4v) is 4.10. The Kier molecular flexibility index (Phi) is 11.7. The molecule has 0 aromatic rings. The summed E-state index contributed by atoms with van der Waals surface area (Å²) in [7, 11) is 0. The molecule has 0 amide bonds. The van der Waals surface area contributed by atoms with Crippen LogP contribution in [0.2, 0.25) is 0 Å². The van der Waals surface area contributed by atoms with Crippen molar-refractivity contribution in [3.8, 4) is 0 Å². The van der Waals surface area contributed by atoms with Crippen LogP contribution in [-0.2, 0) is 33.4 Å². The number of carbonyl (C=O) groups excluding carboxylic acids is 1. The number of rotatable bonds is 14. The van der Waals surface area contributed by atoms with Gasteiger partial charge in [-0.3, -0.25) is 0 Å². The maximum atomic E-state index is 12.3. The Morgan fingerprint density at radius 1 is 0.742 bits per heavy atom. The number of hydrogen-bond acceptors (Lipinski definition) is 8. The first kappa shape index (κ1) is 26.0. The SMILES string of the molecule is CCCCCCCC1O[C@H]2[C@@H](OC(CCCCCCC)O[C@H]2C(=O)O)[C@@H](C(=O)ON)O1. The zero-order valence-electron chi connectivity index (χ0n) is 18.8. The van der Waals surface area contributed by atoms with Crippen LogP contribution in [0.25, 0.3) is 0 Å². The number of hydrogen-bond donors (Lipinski definition) is 2. The largest absolute Gasteiger partial charge is 0.479 e. The molecule has 2 aliphatic rings. The minimum Gasteiger partial charge on any atom is -0.479 e. The summed E-state index contributed by atoms with van der Waals surface area (Å²) in [5.74, 6) is 3.15. The highest BCUT2D eigenvalue weighted by atomic mass is 16.8. The zero-order valence-corrected chi connectivity index (χ0v) is 18.8. The molecule has 2 rings (SSSR count). The number of carboxylic acids is 1. The molecule has 3 N–H and O–H groups in total. The molecule has 0 radical (unpaired) electrons. The van der Waals surface area contributed by atoms with Crippen molar-refractivity contribution in [2.75, 3.05) is 0 Å². The predicted molar refractivity (Wildman–Crippen MR) is 112 cm³/mol. The number of ether oxygens (including phenoxy) is 4. The molecule has 6 atom stereocenters. The standard InChI is InChI=1S/C22H39NO8/c1-3-5-7-9-11-13-15-28-18-17(19(29-15)21(24)25)27-16(14-12-10-8-6-4-2)30-20(18)22(26)31-23/h15-20H,3-14,23H2,1-2H3,(H,24,25)/t15?,16?,17-,18+,19+,20-/m0/s1. The molecule has 9 heteroatoms. The lowest BCUT2D eigenvalue weighted by molar-refractivity contribution is -0.370. The van der Waals surface area contributed by atoms with Crippen molar-refractivity contribution in [3.05, 3.63) is 0 Å². The monoisotopic (exact) mass is 445 g/mol. The van der Waals surface area contributed by atoms with Crippen LogP contribution in [0, 0.1) is 0 Å². The smallest absolute Gasteiger partial charge is 0.356 e. The molecule has 2 saturated heterocycles. The van der Waals surface area contributed by atoms with Crippen LogP contribution in [0.4, 0.5) is 0 Å². The van der Waals surface area contributed by atoms with Gasteiger partial charge in [0.05, 0.1) is 0 Å². The highest BCUT2D eigenvalue weighted by Gasteiger charge is 2.54. The quantitative estimate of drug-likeness (QED) is 0.305. The van der Waals surface area contributed by atoms with Crippen molar-refractivity contribution in [3.63, 3.8) is 0 Å². The van der Waals surface area contributed by atoms with Crippen LogP contribution < -0.4 is 5.90 Å². The van der Waals surface area contributed by atoms with E-state index < -0.39 is 48.9 Å². The molecule has 2 unspecified atom stereocenters. The van der Waals surface area contributed by atoms with Crippen LogP contribution in [-0.4, -0.2) is 54.0 Å². The number of fused-ring (bicyclic) bond motifs is 1. The number of nitrogens with two attached hydrogens (primary N) is 1. The van der Waals surface area contributed by atoms with E-state index in [4.69, 9.17) is 24.8 Å². The number of carboxylic acid groups (broad SMARTS) is 1. The lowest BCUT2D eigenvalue weighted by Crippen LogP contribution is -2.65. The van der Waals surface area contributed by atoms with Gasteiger partial charge in [-0.15, -0.1) is 0 Å². The molecule has 2 aliphatic heterocycles. The lowest BCUT2D eigenvalue weighted by Gasteiger charge is -2.47. The van der Waals surface area contributed by atoms with Crippen molar-refractivity contribution < 1.29 is 38.5 Å². The number of aliphatic carboxylic acids is 1. The van der Waals surface area contributed by atoms with Crippen molar-refractivity contribution in [1.82, 2.24) is 0 Å². The normalized spacial score (nSPS) is 30.5. The van der Waals surface area contributed by atoms with Gasteiger partial charge in [0.2, 0.25) is 0 Å². The molecule has 180 valence electrons. The van der Waals surface area contributed by atoms with Crippen molar-refractivity contribution in [2.45, 2.75) is 128 Å². The van der Waals surface area contributed by atoms with E-state index in [-0.39, 0.29) is 0 Å². The van der Waals surface area contributed by atoms with E-state index in [2.05, 4.69) is 18.7 Å². The van der Waals surface area contributed by atoms with Crippen LogP contribution in [0.3, 0.4) is 0 Å². The topological polar surface area (TPSA) is 127 Å². The minimum atomic E-state index is -1.25. The molecule has 2 fully saturated rings. The van der Waals surface area contributed by atoms with E-state index in [0.29, 0.717) is 12.8 Å². The molecule has 2 heterocycles. The van der Waals surface area contributed by atoms with Crippen LogP contribution >= 0.6 is 0 Å². The fraction of sp³-hybridized carbons (Fsp3) is 0.909. The molecule has 9 nitrogen and oxygen atoms in total. The highest BCUT2D eigenvalue weighted by molar-refractivity contribution is 5.77. The van der Waals surface area contributed by atoms with Gasteiger partial charge in [0, 0.05) is 0 Å². The first-order valence-corrected chi connectivity index (χ1v) is 11.8. The second-order valence-corrected chi connectivity index (χ2v) is 8.35. The second kappa shape index (κ2) is 14.0. The van der Waals surface area contributed by atoms with Gasteiger partial charge in [0.15, 0.2) is 24.8 Å². The summed E-state index contributed by atoms with van der Waals surface area (Å²) < 4.78 is 23.3. The Morgan fingerprint density at radius 2 is 1.19 bits per heavy atom. The van der Waals surface area contributed by atoms with Gasteiger partial charge >= 0.3 is 11.9 Å². The zero-order chi connectivity index (χ0) is 22.6. The third kappa shape index (κ3) is 7.98. The third-order valence-electron chi connectivity index (χ3n) is 5.81. The van der Waals surface area contributed by atoms with Gasteiger partial charge in [-0.25, -0.2) is 9.59 Å². The molecule has 0 saturated carbocycles. The molecular weight excluding hydrogens is 406 g/mol. The van der Waals surface area contributed by atoms with E-state index in [9.17, 15) is 14.7 Å². The highest BCUT2D eigenvalue weighted by Crippen LogP contribution is 2.34. The Labute approximate surface area is 184 Å². The van der Waals surface area contributed by atoms with Gasteiger partial charge in [0.1, 0.15) is 12.2 Å². The Morgan fingerprint density at radius 3 is 1.65 bits per heavy atom. The van der Waals surface area contributed by atoms with Crippen LogP contribution in [0.15, 0.2) is 0 Å². The fourth-order valence-electron chi connectivity index (χ4n) is 4.10.